The van der Waals surface area contributed by atoms with E-state index in [2.05, 4.69) is 22.8 Å². The molecule has 0 unspecified atom stereocenters. The van der Waals surface area contributed by atoms with Crippen molar-refractivity contribution in [3.8, 4) is 0 Å². The maximum atomic E-state index is 13.0. The van der Waals surface area contributed by atoms with Gasteiger partial charge in [-0.15, -0.1) is 12.4 Å². The van der Waals surface area contributed by atoms with E-state index < -0.39 is 10.0 Å². The van der Waals surface area contributed by atoms with E-state index in [9.17, 15) is 8.42 Å². The molecule has 162 valence electrons. The van der Waals surface area contributed by atoms with Gasteiger partial charge in [-0.3, -0.25) is 4.31 Å². The van der Waals surface area contributed by atoms with Crippen molar-refractivity contribution >= 4 is 28.1 Å². The minimum Gasteiger partial charge on any atom is -0.317 e. The molecule has 1 saturated carbocycles. The molecular weight excluding hydrogens is 418 g/mol. The summed E-state index contributed by atoms with van der Waals surface area (Å²) in [7, 11) is -3.49. The van der Waals surface area contributed by atoms with Crippen LogP contribution in [0.25, 0.3) is 0 Å². The van der Waals surface area contributed by atoms with Gasteiger partial charge in [0.05, 0.1) is 10.6 Å². The van der Waals surface area contributed by atoms with Crippen LogP contribution in [0.2, 0.25) is 0 Å². The molecule has 2 fully saturated rings. The number of piperidine rings is 1. The zero-order chi connectivity index (χ0) is 19.8. The fourth-order valence-electron chi connectivity index (χ4n) is 4.78. The zero-order valence-electron chi connectivity index (χ0n) is 17.1. The first kappa shape index (κ1) is 21.6. The summed E-state index contributed by atoms with van der Waals surface area (Å²) in [5.41, 5.74) is 3.36. The van der Waals surface area contributed by atoms with Gasteiger partial charge in [0.25, 0.3) is 10.0 Å². The summed E-state index contributed by atoms with van der Waals surface area (Å²) in [6.07, 6.45) is 4.52. The van der Waals surface area contributed by atoms with Gasteiger partial charge in [0.2, 0.25) is 0 Å². The van der Waals surface area contributed by atoms with Crippen LogP contribution in [0.1, 0.15) is 36.3 Å². The van der Waals surface area contributed by atoms with Gasteiger partial charge < -0.3 is 10.6 Å². The first-order valence-electron chi connectivity index (χ1n) is 10.8. The second-order valence-electron chi connectivity index (χ2n) is 8.58. The number of rotatable bonds is 6. The number of hydrogen-bond donors (Lipinski definition) is 2. The standard InChI is InChI=1S/C23H29N3O2S.ClH/c27-29(28,20-4-2-1-3-5-20)26-13-10-19-14-18(6-7-23(19)26)21-15-22(21)25-16-17-8-11-24-12-9-17;/h1-7,14,17,21-22,24-25H,8-13,15-16H2;1H/t21-,22+;/m0./s1. The lowest BCUT2D eigenvalue weighted by Crippen LogP contribution is -2.34. The number of fused-ring (bicyclic) bond motifs is 1. The predicted octanol–water partition coefficient (Wildman–Crippen LogP) is 3.30. The van der Waals surface area contributed by atoms with Gasteiger partial charge in [-0.05, 0) is 80.6 Å². The molecule has 5 rings (SSSR count). The molecule has 30 heavy (non-hydrogen) atoms. The molecule has 5 nitrogen and oxygen atoms in total. The van der Waals surface area contributed by atoms with Gasteiger partial charge >= 0.3 is 0 Å². The van der Waals surface area contributed by atoms with Crippen molar-refractivity contribution in [1.29, 1.82) is 0 Å². The molecule has 2 aromatic rings. The van der Waals surface area contributed by atoms with Crippen LogP contribution < -0.4 is 14.9 Å². The molecular formula is C23H30ClN3O2S. The summed E-state index contributed by atoms with van der Waals surface area (Å²) in [4.78, 5) is 0.362. The fraction of sp³-hybridized carbons (Fsp3) is 0.478. The van der Waals surface area contributed by atoms with Crippen LogP contribution in [0.5, 0.6) is 0 Å². The van der Waals surface area contributed by atoms with Gasteiger partial charge in [0.1, 0.15) is 0 Å². The van der Waals surface area contributed by atoms with Gasteiger partial charge in [-0.1, -0.05) is 30.3 Å². The van der Waals surface area contributed by atoms with E-state index in [1.807, 2.05) is 12.1 Å². The van der Waals surface area contributed by atoms with Crippen LogP contribution in [-0.4, -0.2) is 40.6 Å². The van der Waals surface area contributed by atoms with E-state index in [1.54, 1.807) is 28.6 Å². The topological polar surface area (TPSA) is 61.4 Å². The molecule has 2 N–H and O–H groups in total. The van der Waals surface area contributed by atoms with Crippen LogP contribution in [0, 0.1) is 5.92 Å². The lowest BCUT2D eigenvalue weighted by molar-refractivity contribution is 0.355. The lowest BCUT2D eigenvalue weighted by atomic mass is 9.98. The molecule has 0 aromatic heterocycles. The highest BCUT2D eigenvalue weighted by Crippen LogP contribution is 2.43. The summed E-state index contributed by atoms with van der Waals surface area (Å²) in [5, 5.41) is 7.19. The normalized spacial score (nSPS) is 23.7. The van der Waals surface area contributed by atoms with Gasteiger partial charge in [0.15, 0.2) is 0 Å². The van der Waals surface area contributed by atoms with Crippen LogP contribution in [0.3, 0.4) is 0 Å². The minimum atomic E-state index is -3.49. The zero-order valence-corrected chi connectivity index (χ0v) is 18.7. The fourth-order valence-corrected chi connectivity index (χ4v) is 6.31. The molecule has 1 aliphatic carbocycles. The molecule has 0 bridgehead atoms. The Bertz CT molecular complexity index is 977. The Morgan fingerprint density at radius 1 is 1.07 bits per heavy atom. The third kappa shape index (κ3) is 4.24. The number of nitrogens with zero attached hydrogens (tertiary/aromatic N) is 1. The molecule has 0 spiro atoms. The molecule has 0 radical (unpaired) electrons. The van der Waals surface area contributed by atoms with Gasteiger partial charge in [-0.25, -0.2) is 8.42 Å². The van der Waals surface area contributed by atoms with Crippen LogP contribution in [-0.2, 0) is 16.4 Å². The summed E-state index contributed by atoms with van der Waals surface area (Å²) in [5.74, 6) is 1.37. The first-order valence-corrected chi connectivity index (χ1v) is 12.2. The van der Waals surface area contributed by atoms with Gasteiger partial charge in [0, 0.05) is 18.5 Å². The SMILES string of the molecule is Cl.O=S(=O)(c1ccccc1)N1CCc2cc([C@@H]3C[C@H]3NCC3CCNCC3)ccc21. The molecule has 7 heteroatoms. The Morgan fingerprint density at radius 3 is 2.60 bits per heavy atom. The molecule has 2 aromatic carbocycles. The van der Waals surface area contributed by atoms with Crippen molar-refractivity contribution in [1.82, 2.24) is 10.6 Å². The smallest absolute Gasteiger partial charge is 0.264 e. The highest BCUT2D eigenvalue weighted by molar-refractivity contribution is 7.92. The quantitative estimate of drug-likeness (QED) is 0.713. The maximum absolute atomic E-state index is 13.0. The number of halogens is 1. The van der Waals surface area contributed by atoms with Crippen LogP contribution in [0.15, 0.2) is 53.4 Å². The van der Waals surface area contributed by atoms with Crippen LogP contribution in [0.4, 0.5) is 5.69 Å². The van der Waals surface area contributed by atoms with Crippen molar-refractivity contribution in [3.05, 3.63) is 59.7 Å². The third-order valence-electron chi connectivity index (χ3n) is 6.63. The highest BCUT2D eigenvalue weighted by Gasteiger charge is 2.39. The van der Waals surface area contributed by atoms with E-state index in [0.717, 1.165) is 43.2 Å². The molecule has 0 amide bonds. The number of sulfonamides is 1. The average molecular weight is 448 g/mol. The van der Waals surface area contributed by atoms with Crippen molar-refractivity contribution in [2.75, 3.05) is 30.5 Å². The second kappa shape index (κ2) is 8.87. The van der Waals surface area contributed by atoms with Crippen molar-refractivity contribution in [2.24, 2.45) is 5.92 Å². The monoisotopic (exact) mass is 447 g/mol. The summed E-state index contributed by atoms with van der Waals surface area (Å²) in [6, 6.07) is 15.7. The van der Waals surface area contributed by atoms with E-state index in [0.29, 0.717) is 23.4 Å². The largest absolute Gasteiger partial charge is 0.317 e. The molecule has 2 aliphatic heterocycles. The summed E-state index contributed by atoms with van der Waals surface area (Å²) >= 11 is 0. The predicted molar refractivity (Wildman–Crippen MR) is 123 cm³/mol. The van der Waals surface area contributed by atoms with E-state index in [-0.39, 0.29) is 12.4 Å². The van der Waals surface area contributed by atoms with Crippen LogP contribution >= 0.6 is 12.4 Å². The Morgan fingerprint density at radius 2 is 1.83 bits per heavy atom. The molecule has 1 saturated heterocycles. The van der Waals surface area contributed by atoms with Crippen molar-refractivity contribution in [2.45, 2.75) is 42.5 Å². The summed E-state index contributed by atoms with van der Waals surface area (Å²) < 4.78 is 27.6. The highest BCUT2D eigenvalue weighted by atomic mass is 35.5. The minimum absolute atomic E-state index is 0. The van der Waals surface area contributed by atoms with Crippen molar-refractivity contribution in [3.63, 3.8) is 0 Å². The number of benzene rings is 2. The maximum Gasteiger partial charge on any atom is 0.264 e. The number of hydrogen-bond acceptors (Lipinski definition) is 4. The molecule has 3 aliphatic rings. The number of nitrogens with one attached hydrogen (secondary N) is 2. The first-order chi connectivity index (χ1) is 14.1. The Balaban J connectivity index is 0.00000218. The average Bonchev–Trinajstić information content (AvgIpc) is 3.41. The van der Waals surface area contributed by atoms with E-state index in [1.165, 1.54) is 24.8 Å². The Hall–Kier alpha value is -1.60. The van der Waals surface area contributed by atoms with Gasteiger partial charge in [-0.2, -0.15) is 0 Å². The molecule has 2 atom stereocenters. The van der Waals surface area contributed by atoms with Crippen molar-refractivity contribution < 1.29 is 8.42 Å². The third-order valence-corrected chi connectivity index (χ3v) is 8.46. The van der Waals surface area contributed by atoms with E-state index >= 15 is 0 Å². The van der Waals surface area contributed by atoms with E-state index in [4.69, 9.17) is 0 Å². The second-order valence-corrected chi connectivity index (χ2v) is 10.4. The number of anilines is 1. The lowest BCUT2D eigenvalue weighted by Gasteiger charge is -2.23. The Labute approximate surface area is 185 Å². The summed E-state index contributed by atoms with van der Waals surface area (Å²) in [6.45, 7) is 3.94. The Kier molecular flexibility index (Phi) is 6.39. The molecule has 2 heterocycles.